The van der Waals surface area contributed by atoms with Crippen molar-refractivity contribution in [2.24, 2.45) is 0 Å². The van der Waals surface area contributed by atoms with Crippen molar-refractivity contribution < 1.29 is 27.4 Å². The summed E-state index contributed by atoms with van der Waals surface area (Å²) in [6.45, 7) is 4.85. The summed E-state index contributed by atoms with van der Waals surface area (Å²) in [5.41, 5.74) is 0.752. The second-order valence-electron chi connectivity index (χ2n) is 6.42. The van der Waals surface area contributed by atoms with Crippen LogP contribution in [0.25, 0.3) is 0 Å². The number of ether oxygens (including phenoxy) is 4. The van der Waals surface area contributed by atoms with Gasteiger partial charge in [-0.25, -0.2) is 8.42 Å². The molecule has 7 nitrogen and oxygen atoms in total. The maximum absolute atomic E-state index is 13.7. The first-order valence-corrected chi connectivity index (χ1v) is 12.2. The molecule has 9 heteroatoms. The Labute approximate surface area is 182 Å². The maximum atomic E-state index is 13.7. The van der Waals surface area contributed by atoms with Crippen LogP contribution in [0.4, 0.5) is 0 Å². The molecule has 0 saturated carbocycles. The lowest BCUT2D eigenvalue weighted by molar-refractivity contribution is 0.320. The zero-order valence-electron chi connectivity index (χ0n) is 17.6. The van der Waals surface area contributed by atoms with Gasteiger partial charge in [0.2, 0.25) is 10.0 Å². The molecule has 2 aromatic rings. The molecular weight excluding hydrogens is 426 g/mol. The summed E-state index contributed by atoms with van der Waals surface area (Å²) in [5, 5.41) is -0.440. The van der Waals surface area contributed by atoms with Crippen LogP contribution >= 0.6 is 11.8 Å². The Kier molecular flexibility index (Phi) is 7.38. The van der Waals surface area contributed by atoms with Gasteiger partial charge in [0.1, 0.15) is 27.9 Å². The van der Waals surface area contributed by atoms with Gasteiger partial charge in [-0.05, 0) is 44.2 Å². The van der Waals surface area contributed by atoms with Gasteiger partial charge >= 0.3 is 0 Å². The van der Waals surface area contributed by atoms with Crippen LogP contribution in [0.2, 0.25) is 0 Å². The Morgan fingerprint density at radius 2 is 1.67 bits per heavy atom. The van der Waals surface area contributed by atoms with E-state index in [0.717, 1.165) is 5.56 Å². The summed E-state index contributed by atoms with van der Waals surface area (Å²) in [6, 6.07) is 10.3. The van der Waals surface area contributed by atoms with Gasteiger partial charge in [-0.3, -0.25) is 0 Å². The number of methoxy groups -OCH3 is 2. The molecular formula is C21H27NO6S2. The van der Waals surface area contributed by atoms with Crippen molar-refractivity contribution >= 4 is 21.8 Å². The van der Waals surface area contributed by atoms with E-state index in [1.807, 2.05) is 19.9 Å². The van der Waals surface area contributed by atoms with E-state index in [9.17, 15) is 8.42 Å². The Balaban J connectivity index is 2.07. The fourth-order valence-corrected chi connectivity index (χ4v) is 6.72. The van der Waals surface area contributed by atoms with Crippen LogP contribution in [0.5, 0.6) is 23.0 Å². The molecule has 164 valence electrons. The Morgan fingerprint density at radius 1 is 0.967 bits per heavy atom. The first kappa shape index (κ1) is 22.6. The van der Waals surface area contributed by atoms with E-state index in [1.165, 1.54) is 10.4 Å². The molecule has 0 spiro atoms. The van der Waals surface area contributed by atoms with E-state index in [0.29, 0.717) is 48.5 Å². The molecule has 0 amide bonds. The van der Waals surface area contributed by atoms with Gasteiger partial charge in [-0.1, -0.05) is 0 Å². The number of benzene rings is 2. The minimum Gasteiger partial charge on any atom is -0.497 e. The molecule has 0 aliphatic carbocycles. The highest BCUT2D eigenvalue weighted by Gasteiger charge is 2.40. The number of rotatable bonds is 9. The normalized spacial score (nSPS) is 17.0. The van der Waals surface area contributed by atoms with Crippen molar-refractivity contribution in [1.29, 1.82) is 0 Å². The average molecular weight is 454 g/mol. The Hall–Kier alpha value is -2.10. The lowest BCUT2D eigenvalue weighted by Crippen LogP contribution is -2.31. The molecule has 3 rings (SSSR count). The van der Waals surface area contributed by atoms with Crippen molar-refractivity contribution in [2.45, 2.75) is 24.1 Å². The monoisotopic (exact) mass is 453 g/mol. The second-order valence-corrected chi connectivity index (χ2v) is 9.47. The smallest absolute Gasteiger partial charge is 0.248 e. The lowest BCUT2D eigenvalue weighted by Gasteiger charge is -2.26. The third-order valence-corrected chi connectivity index (χ3v) is 7.93. The highest BCUT2D eigenvalue weighted by molar-refractivity contribution is 8.01. The molecule has 0 radical (unpaired) electrons. The third kappa shape index (κ3) is 4.48. The third-order valence-electron chi connectivity index (χ3n) is 4.66. The van der Waals surface area contributed by atoms with E-state index in [-0.39, 0.29) is 4.90 Å². The van der Waals surface area contributed by atoms with Gasteiger partial charge in [-0.15, -0.1) is 11.8 Å². The van der Waals surface area contributed by atoms with E-state index >= 15 is 0 Å². The highest BCUT2D eigenvalue weighted by Crippen LogP contribution is 2.46. The van der Waals surface area contributed by atoms with Crippen molar-refractivity contribution in [1.82, 2.24) is 4.31 Å². The van der Waals surface area contributed by atoms with Crippen molar-refractivity contribution in [3.63, 3.8) is 0 Å². The molecule has 1 atom stereocenters. The fraction of sp³-hybridized carbons (Fsp3) is 0.429. The van der Waals surface area contributed by atoms with Crippen LogP contribution in [-0.2, 0) is 10.0 Å². The molecule has 0 bridgehead atoms. The molecule has 1 fully saturated rings. The van der Waals surface area contributed by atoms with Crippen molar-refractivity contribution in [3.05, 3.63) is 42.0 Å². The van der Waals surface area contributed by atoms with E-state index < -0.39 is 15.4 Å². The maximum Gasteiger partial charge on any atom is 0.248 e. The average Bonchev–Trinajstić information content (AvgIpc) is 3.25. The summed E-state index contributed by atoms with van der Waals surface area (Å²) >= 11 is 1.55. The molecule has 0 aromatic heterocycles. The second kappa shape index (κ2) is 9.80. The van der Waals surface area contributed by atoms with Crippen LogP contribution in [0.1, 0.15) is 24.8 Å². The summed E-state index contributed by atoms with van der Waals surface area (Å²) in [6.07, 6.45) is 0. The number of hydrogen-bond acceptors (Lipinski definition) is 7. The standard InChI is InChI=1S/C21H27NO6S2/c1-5-27-16-8-10-19(28-6-2)20(14-16)30(23,24)22-11-12-29-21(22)17-13-15(25-3)7-9-18(17)26-4/h7-10,13-14,21H,5-6,11-12H2,1-4H3. The van der Waals surface area contributed by atoms with Crippen LogP contribution in [0, 0.1) is 0 Å². The highest BCUT2D eigenvalue weighted by atomic mass is 32.2. The quantitative estimate of drug-likeness (QED) is 0.569. The van der Waals surface area contributed by atoms with Crippen LogP contribution in [-0.4, -0.2) is 52.5 Å². The lowest BCUT2D eigenvalue weighted by atomic mass is 10.2. The molecule has 1 aliphatic rings. The van der Waals surface area contributed by atoms with Gasteiger partial charge in [0.05, 0.1) is 32.8 Å². The van der Waals surface area contributed by atoms with Gasteiger partial charge < -0.3 is 18.9 Å². The molecule has 30 heavy (non-hydrogen) atoms. The van der Waals surface area contributed by atoms with Crippen molar-refractivity contribution in [2.75, 3.05) is 39.7 Å². The SMILES string of the molecule is CCOc1ccc(OCC)c(S(=O)(=O)N2CCSC2c2cc(OC)ccc2OC)c1. The van der Waals surface area contributed by atoms with E-state index in [1.54, 1.807) is 50.2 Å². The zero-order valence-corrected chi connectivity index (χ0v) is 19.2. The predicted octanol–water partition coefficient (Wildman–Crippen LogP) is 3.94. The van der Waals surface area contributed by atoms with Crippen LogP contribution in [0.15, 0.2) is 41.3 Å². The summed E-state index contributed by atoms with van der Waals surface area (Å²) < 4.78 is 51.0. The molecule has 1 aliphatic heterocycles. The number of thioether (sulfide) groups is 1. The van der Waals surface area contributed by atoms with Crippen LogP contribution < -0.4 is 18.9 Å². The van der Waals surface area contributed by atoms with Gasteiger partial charge in [0.15, 0.2) is 0 Å². The summed E-state index contributed by atoms with van der Waals surface area (Å²) in [4.78, 5) is 0.102. The Morgan fingerprint density at radius 3 is 2.33 bits per heavy atom. The molecule has 0 N–H and O–H groups in total. The predicted molar refractivity (Wildman–Crippen MR) is 117 cm³/mol. The number of hydrogen-bond donors (Lipinski definition) is 0. The van der Waals surface area contributed by atoms with Gasteiger partial charge in [0, 0.05) is 23.9 Å². The molecule has 2 aromatic carbocycles. The number of nitrogens with zero attached hydrogens (tertiary/aromatic N) is 1. The zero-order chi connectivity index (χ0) is 21.7. The first-order chi connectivity index (χ1) is 14.5. The summed E-state index contributed by atoms with van der Waals surface area (Å²) in [5.74, 6) is 2.72. The molecule has 1 saturated heterocycles. The minimum absolute atomic E-state index is 0.102. The fourth-order valence-electron chi connectivity index (χ4n) is 3.33. The number of sulfonamides is 1. The van der Waals surface area contributed by atoms with Crippen LogP contribution in [0.3, 0.4) is 0 Å². The Bertz CT molecular complexity index is 979. The molecule has 1 unspecified atom stereocenters. The van der Waals surface area contributed by atoms with Gasteiger partial charge in [0.25, 0.3) is 0 Å². The summed E-state index contributed by atoms with van der Waals surface area (Å²) in [7, 11) is -0.712. The molecule has 1 heterocycles. The van der Waals surface area contributed by atoms with E-state index in [4.69, 9.17) is 18.9 Å². The van der Waals surface area contributed by atoms with E-state index in [2.05, 4.69) is 0 Å². The topological polar surface area (TPSA) is 74.3 Å². The minimum atomic E-state index is -3.86. The largest absolute Gasteiger partial charge is 0.497 e. The first-order valence-electron chi connectivity index (χ1n) is 9.71. The van der Waals surface area contributed by atoms with Crippen molar-refractivity contribution in [3.8, 4) is 23.0 Å². The van der Waals surface area contributed by atoms with Gasteiger partial charge in [-0.2, -0.15) is 4.31 Å².